The molecule has 114 valence electrons. The van der Waals surface area contributed by atoms with E-state index in [4.69, 9.17) is 20.6 Å². The summed E-state index contributed by atoms with van der Waals surface area (Å²) in [7, 11) is -3.70. The van der Waals surface area contributed by atoms with Crippen LogP contribution in [0.3, 0.4) is 0 Å². The van der Waals surface area contributed by atoms with Crippen LogP contribution in [0.5, 0.6) is 11.5 Å². The molecular formula is C14H16ClO5P. The summed E-state index contributed by atoms with van der Waals surface area (Å²) >= 11 is 5.88. The molecule has 2 N–H and O–H groups in total. The minimum absolute atomic E-state index is 0.0569. The maximum Gasteiger partial charge on any atom is 0.365 e. The van der Waals surface area contributed by atoms with E-state index in [2.05, 4.69) is 0 Å². The van der Waals surface area contributed by atoms with E-state index in [9.17, 15) is 14.8 Å². The first-order valence-electron chi connectivity index (χ1n) is 6.46. The number of fused-ring (bicyclic) bond motifs is 1. The van der Waals surface area contributed by atoms with Gasteiger partial charge in [0, 0.05) is 15.8 Å². The lowest BCUT2D eigenvalue weighted by Crippen LogP contribution is -2.11. The van der Waals surface area contributed by atoms with Crippen molar-refractivity contribution in [2.24, 2.45) is 0 Å². The molecule has 0 spiro atoms. The van der Waals surface area contributed by atoms with E-state index < -0.39 is 7.60 Å². The molecule has 2 aromatic rings. The van der Waals surface area contributed by atoms with Gasteiger partial charge in [0.2, 0.25) is 0 Å². The first-order valence-corrected chi connectivity index (χ1v) is 8.39. The van der Waals surface area contributed by atoms with E-state index >= 15 is 0 Å². The van der Waals surface area contributed by atoms with Crippen molar-refractivity contribution in [3.8, 4) is 11.5 Å². The van der Waals surface area contributed by atoms with Crippen molar-refractivity contribution in [3.63, 3.8) is 0 Å². The Kier molecular flexibility index (Phi) is 4.79. The Labute approximate surface area is 127 Å². The molecule has 0 aliphatic rings. The van der Waals surface area contributed by atoms with Gasteiger partial charge in [0.05, 0.1) is 13.2 Å². The Morgan fingerprint density at radius 3 is 2.29 bits per heavy atom. The van der Waals surface area contributed by atoms with Crippen molar-refractivity contribution >= 4 is 35.3 Å². The van der Waals surface area contributed by atoms with Crippen LogP contribution in [0.25, 0.3) is 10.8 Å². The summed E-state index contributed by atoms with van der Waals surface area (Å²) in [6, 6.07) is 5.82. The third-order valence-corrected chi connectivity index (χ3v) is 5.28. The van der Waals surface area contributed by atoms with Gasteiger partial charge in [-0.1, -0.05) is 11.6 Å². The lowest BCUT2D eigenvalue weighted by atomic mass is 10.1. The van der Waals surface area contributed by atoms with E-state index in [1.807, 2.05) is 0 Å². The van der Waals surface area contributed by atoms with Crippen LogP contribution in [0.4, 0.5) is 0 Å². The van der Waals surface area contributed by atoms with Gasteiger partial charge < -0.3 is 19.3 Å². The molecule has 0 aliphatic heterocycles. The lowest BCUT2D eigenvalue weighted by molar-refractivity contribution is 0.229. The highest BCUT2D eigenvalue weighted by Crippen LogP contribution is 2.51. The average Bonchev–Trinajstić information content (AvgIpc) is 2.43. The summed E-state index contributed by atoms with van der Waals surface area (Å²) in [4.78, 5) is 0. The van der Waals surface area contributed by atoms with E-state index in [0.717, 1.165) is 0 Å². The Morgan fingerprint density at radius 2 is 1.71 bits per heavy atom. The normalized spacial score (nSPS) is 12.0. The Balaban J connectivity index is 2.72. The molecular weight excluding hydrogens is 315 g/mol. The number of rotatable bonds is 5. The second kappa shape index (κ2) is 6.24. The van der Waals surface area contributed by atoms with Crippen LogP contribution in [-0.2, 0) is 13.6 Å². The predicted molar refractivity (Wildman–Crippen MR) is 82.8 cm³/mol. The number of hydrogen-bond donors (Lipinski definition) is 2. The van der Waals surface area contributed by atoms with Crippen molar-refractivity contribution in [3.05, 3.63) is 29.3 Å². The molecule has 0 fully saturated rings. The molecule has 0 aliphatic carbocycles. The highest BCUT2D eigenvalue weighted by Gasteiger charge is 2.32. The Morgan fingerprint density at radius 1 is 1.10 bits per heavy atom. The van der Waals surface area contributed by atoms with Crippen LogP contribution in [0.2, 0.25) is 5.02 Å². The highest BCUT2D eigenvalue weighted by atomic mass is 35.5. The maximum absolute atomic E-state index is 12.8. The summed E-state index contributed by atoms with van der Waals surface area (Å²) in [5, 5.41) is 21.5. The van der Waals surface area contributed by atoms with Crippen LogP contribution >= 0.6 is 19.2 Å². The molecule has 0 saturated heterocycles. The number of phenolic OH excluding ortho intramolecular Hbond substituents is 2. The zero-order valence-corrected chi connectivity index (χ0v) is 13.3. The molecule has 0 bridgehead atoms. The minimum atomic E-state index is -3.70. The molecule has 5 nitrogen and oxygen atoms in total. The number of aromatic hydroxyl groups is 2. The standard InChI is InChI=1S/C14H16ClO5P/c1-3-19-21(18,20-4-2)13-8-12(16)11-7-9(15)5-6-10(11)14(13)17/h5-8,16-17H,3-4H2,1-2H3. The first kappa shape index (κ1) is 16.1. The first-order chi connectivity index (χ1) is 9.92. The SMILES string of the molecule is CCOP(=O)(OCC)c1cc(O)c2cc(Cl)ccc2c1O. The molecule has 21 heavy (non-hydrogen) atoms. The molecule has 0 heterocycles. The fraction of sp³-hybridized carbons (Fsp3) is 0.286. The van der Waals surface area contributed by atoms with Crippen LogP contribution < -0.4 is 5.30 Å². The molecule has 0 amide bonds. The number of benzene rings is 2. The molecule has 2 rings (SSSR count). The number of halogens is 1. The zero-order valence-electron chi connectivity index (χ0n) is 11.7. The third-order valence-electron chi connectivity index (χ3n) is 2.92. The molecule has 0 unspecified atom stereocenters. The van der Waals surface area contributed by atoms with Gasteiger partial charge in [-0.15, -0.1) is 0 Å². The molecule has 2 aromatic carbocycles. The molecule has 0 aromatic heterocycles. The van der Waals surface area contributed by atoms with Gasteiger partial charge >= 0.3 is 7.60 Å². The van der Waals surface area contributed by atoms with Gasteiger partial charge in [-0.25, -0.2) is 0 Å². The maximum atomic E-state index is 12.8. The van der Waals surface area contributed by atoms with Crippen molar-refractivity contribution in [2.75, 3.05) is 13.2 Å². The van der Waals surface area contributed by atoms with Crippen molar-refractivity contribution in [1.29, 1.82) is 0 Å². The van der Waals surface area contributed by atoms with Crippen molar-refractivity contribution in [2.45, 2.75) is 13.8 Å². The summed E-state index contributed by atoms with van der Waals surface area (Å²) in [5.74, 6) is -0.398. The highest BCUT2D eigenvalue weighted by molar-refractivity contribution is 7.62. The molecule has 7 heteroatoms. The van der Waals surface area contributed by atoms with Gasteiger partial charge in [-0.3, -0.25) is 4.57 Å². The van der Waals surface area contributed by atoms with Crippen LogP contribution in [-0.4, -0.2) is 23.4 Å². The fourth-order valence-corrected chi connectivity index (χ4v) is 3.94. The monoisotopic (exact) mass is 330 g/mol. The van der Waals surface area contributed by atoms with E-state index in [1.165, 1.54) is 12.1 Å². The van der Waals surface area contributed by atoms with Crippen LogP contribution in [0.1, 0.15) is 13.8 Å². The molecule has 0 saturated carbocycles. The van der Waals surface area contributed by atoms with Crippen LogP contribution in [0, 0.1) is 0 Å². The second-order valence-corrected chi connectivity index (χ2v) is 6.72. The summed E-state index contributed by atoms with van der Waals surface area (Å²) in [6.07, 6.45) is 0. The Hall–Kier alpha value is -1.26. The quantitative estimate of drug-likeness (QED) is 0.644. The predicted octanol–water partition coefficient (Wildman–Crippen LogP) is 3.80. The average molecular weight is 331 g/mol. The van der Waals surface area contributed by atoms with E-state index in [1.54, 1.807) is 26.0 Å². The van der Waals surface area contributed by atoms with Gasteiger partial charge in [-0.2, -0.15) is 0 Å². The van der Waals surface area contributed by atoms with E-state index in [0.29, 0.717) is 15.8 Å². The van der Waals surface area contributed by atoms with Gasteiger partial charge in [-0.05, 0) is 38.1 Å². The van der Waals surface area contributed by atoms with Crippen molar-refractivity contribution in [1.82, 2.24) is 0 Å². The fourth-order valence-electron chi connectivity index (χ4n) is 2.07. The zero-order chi connectivity index (χ0) is 15.6. The summed E-state index contributed by atoms with van der Waals surface area (Å²) in [6.45, 7) is 3.64. The smallest absolute Gasteiger partial charge is 0.365 e. The third kappa shape index (κ3) is 3.01. The van der Waals surface area contributed by atoms with Gasteiger partial charge in [0.15, 0.2) is 0 Å². The summed E-state index contributed by atoms with van der Waals surface area (Å²) in [5.41, 5.74) is 0. The second-order valence-electron chi connectivity index (χ2n) is 4.29. The van der Waals surface area contributed by atoms with Crippen molar-refractivity contribution < 1.29 is 23.8 Å². The topological polar surface area (TPSA) is 76.0 Å². The Bertz CT molecular complexity index is 706. The minimum Gasteiger partial charge on any atom is -0.507 e. The number of hydrogen-bond acceptors (Lipinski definition) is 5. The summed E-state index contributed by atoms with van der Waals surface area (Å²) < 4.78 is 23.2. The number of phenols is 2. The lowest BCUT2D eigenvalue weighted by Gasteiger charge is -2.19. The van der Waals surface area contributed by atoms with Gasteiger partial charge in [0.25, 0.3) is 0 Å². The largest absolute Gasteiger partial charge is 0.507 e. The van der Waals surface area contributed by atoms with Gasteiger partial charge in [0.1, 0.15) is 16.8 Å². The van der Waals surface area contributed by atoms with E-state index in [-0.39, 0.29) is 30.0 Å². The molecule has 0 atom stereocenters. The molecule has 0 radical (unpaired) electrons. The van der Waals surface area contributed by atoms with Crippen LogP contribution in [0.15, 0.2) is 24.3 Å².